The van der Waals surface area contributed by atoms with Crippen molar-refractivity contribution in [2.24, 2.45) is 4.99 Å². The zero-order chi connectivity index (χ0) is 19.2. The van der Waals surface area contributed by atoms with Gasteiger partial charge in [-0.3, -0.25) is 9.89 Å². The number of hydrogen-bond donors (Lipinski definition) is 1. The van der Waals surface area contributed by atoms with Gasteiger partial charge in [-0.05, 0) is 19.1 Å². The fourth-order valence-electron chi connectivity index (χ4n) is 3.52. The first kappa shape index (κ1) is 18.6. The number of rotatable bonds is 6. The summed E-state index contributed by atoms with van der Waals surface area (Å²) in [5, 5.41) is 8.58. The molecule has 4 rings (SSSR count). The molecule has 1 N–H and O–H groups in total. The molecule has 0 amide bonds. The van der Waals surface area contributed by atoms with Gasteiger partial charge in [0.2, 0.25) is 0 Å². The van der Waals surface area contributed by atoms with Gasteiger partial charge in [0.25, 0.3) is 0 Å². The fraction of sp³-hybridized carbons (Fsp3) is 0.429. The Labute approximate surface area is 165 Å². The number of aliphatic imine (C=N–C) groups is 1. The first-order chi connectivity index (χ1) is 13.8. The summed E-state index contributed by atoms with van der Waals surface area (Å²) in [4.78, 5) is 9.56. The second-order valence-electron chi connectivity index (χ2n) is 6.99. The molecule has 2 aromatic heterocycles. The number of benzene rings is 1. The Morgan fingerprint density at radius 2 is 2.04 bits per heavy atom. The molecule has 7 nitrogen and oxygen atoms in total. The molecule has 0 bridgehead atoms. The van der Waals surface area contributed by atoms with Gasteiger partial charge in [0, 0.05) is 63.7 Å². The van der Waals surface area contributed by atoms with Crippen LogP contribution >= 0.6 is 0 Å². The van der Waals surface area contributed by atoms with Gasteiger partial charge in [-0.15, -0.1) is 0 Å². The van der Waals surface area contributed by atoms with E-state index in [1.807, 2.05) is 24.3 Å². The summed E-state index contributed by atoms with van der Waals surface area (Å²) < 4.78 is 10.8. The molecular weight excluding hydrogens is 354 g/mol. The molecule has 0 radical (unpaired) electrons. The van der Waals surface area contributed by atoms with Crippen molar-refractivity contribution in [2.75, 3.05) is 39.3 Å². The van der Waals surface area contributed by atoms with Crippen LogP contribution in [-0.4, -0.2) is 60.2 Å². The van der Waals surface area contributed by atoms with Crippen molar-refractivity contribution in [1.82, 2.24) is 20.3 Å². The SMILES string of the molecule is CCNC(=NCCc1cc2ccccc2o1)N1CCN(Cc2ccon2)CC1. The predicted molar refractivity (Wildman–Crippen MR) is 109 cm³/mol. The molecule has 3 aromatic rings. The molecular formula is C21H27N5O2. The number of hydrogen-bond acceptors (Lipinski definition) is 5. The van der Waals surface area contributed by atoms with Crippen molar-refractivity contribution < 1.29 is 8.94 Å². The van der Waals surface area contributed by atoms with E-state index in [4.69, 9.17) is 13.9 Å². The summed E-state index contributed by atoms with van der Waals surface area (Å²) in [6, 6.07) is 12.2. The lowest BCUT2D eigenvalue weighted by atomic mass is 10.2. The van der Waals surface area contributed by atoms with Gasteiger partial charge in [-0.2, -0.15) is 0 Å². The van der Waals surface area contributed by atoms with E-state index in [-0.39, 0.29) is 0 Å². The summed E-state index contributed by atoms with van der Waals surface area (Å²) in [5.41, 5.74) is 1.93. The number of piperazine rings is 1. The average molecular weight is 381 g/mol. The number of furan rings is 1. The summed E-state index contributed by atoms with van der Waals surface area (Å²) in [5.74, 6) is 1.97. The predicted octanol–water partition coefficient (Wildman–Crippen LogP) is 2.75. The van der Waals surface area contributed by atoms with E-state index in [2.05, 4.69) is 39.3 Å². The molecule has 1 aliphatic rings. The second-order valence-corrected chi connectivity index (χ2v) is 6.99. The van der Waals surface area contributed by atoms with Crippen molar-refractivity contribution >= 4 is 16.9 Å². The van der Waals surface area contributed by atoms with Crippen molar-refractivity contribution in [1.29, 1.82) is 0 Å². The van der Waals surface area contributed by atoms with E-state index >= 15 is 0 Å². The first-order valence-corrected chi connectivity index (χ1v) is 9.94. The van der Waals surface area contributed by atoms with Crippen LogP contribution < -0.4 is 5.32 Å². The Morgan fingerprint density at radius 3 is 2.79 bits per heavy atom. The first-order valence-electron chi connectivity index (χ1n) is 9.94. The maximum Gasteiger partial charge on any atom is 0.194 e. The molecule has 1 fully saturated rings. The number of nitrogens with zero attached hydrogens (tertiary/aromatic N) is 4. The molecule has 1 saturated heterocycles. The standard InChI is InChI=1S/C21H27N5O2/c1-2-22-21(23-9-7-19-15-17-5-3-4-6-20(17)28-19)26-12-10-25(11-13-26)16-18-8-14-27-24-18/h3-6,8,14-15H,2,7,9-13,16H2,1H3,(H,22,23). The number of fused-ring (bicyclic) bond motifs is 1. The number of guanidine groups is 1. The molecule has 148 valence electrons. The molecule has 7 heteroatoms. The fourth-order valence-corrected chi connectivity index (χ4v) is 3.52. The van der Waals surface area contributed by atoms with E-state index in [1.54, 1.807) is 6.26 Å². The van der Waals surface area contributed by atoms with Crippen molar-refractivity contribution in [3.05, 3.63) is 54.1 Å². The largest absolute Gasteiger partial charge is 0.461 e. The van der Waals surface area contributed by atoms with E-state index in [1.165, 1.54) is 0 Å². The van der Waals surface area contributed by atoms with Crippen LogP contribution in [0.15, 0.2) is 56.6 Å². The van der Waals surface area contributed by atoms with Gasteiger partial charge in [-0.1, -0.05) is 23.4 Å². The third-order valence-corrected chi connectivity index (χ3v) is 4.98. The quantitative estimate of drug-likeness (QED) is 0.523. The van der Waals surface area contributed by atoms with Crippen LogP contribution in [0.1, 0.15) is 18.4 Å². The van der Waals surface area contributed by atoms with Crippen molar-refractivity contribution in [3.63, 3.8) is 0 Å². The van der Waals surface area contributed by atoms with Crippen LogP contribution in [0.2, 0.25) is 0 Å². The van der Waals surface area contributed by atoms with Crippen LogP contribution in [-0.2, 0) is 13.0 Å². The molecule has 0 atom stereocenters. The van der Waals surface area contributed by atoms with Crippen LogP contribution in [0.5, 0.6) is 0 Å². The van der Waals surface area contributed by atoms with Crippen LogP contribution in [0.25, 0.3) is 11.0 Å². The Bertz CT molecular complexity index is 862. The summed E-state index contributed by atoms with van der Waals surface area (Å²) in [7, 11) is 0. The van der Waals surface area contributed by atoms with E-state index < -0.39 is 0 Å². The summed E-state index contributed by atoms with van der Waals surface area (Å²) in [6.07, 6.45) is 2.43. The van der Waals surface area contributed by atoms with E-state index in [0.717, 1.165) is 74.1 Å². The Hall–Kier alpha value is -2.80. The molecule has 0 unspecified atom stereocenters. The third-order valence-electron chi connectivity index (χ3n) is 4.98. The normalized spacial score (nSPS) is 16.0. The minimum Gasteiger partial charge on any atom is -0.461 e. The minimum atomic E-state index is 0.710. The molecule has 0 spiro atoms. The molecule has 28 heavy (non-hydrogen) atoms. The van der Waals surface area contributed by atoms with Gasteiger partial charge in [0.1, 0.15) is 17.6 Å². The molecule has 0 saturated carbocycles. The highest BCUT2D eigenvalue weighted by Crippen LogP contribution is 2.19. The Kier molecular flexibility index (Phi) is 5.92. The molecule has 0 aliphatic carbocycles. The maximum absolute atomic E-state index is 5.90. The average Bonchev–Trinajstić information content (AvgIpc) is 3.37. The third kappa shape index (κ3) is 4.54. The van der Waals surface area contributed by atoms with E-state index in [0.29, 0.717) is 6.54 Å². The van der Waals surface area contributed by atoms with Crippen molar-refractivity contribution in [2.45, 2.75) is 19.9 Å². The van der Waals surface area contributed by atoms with Gasteiger partial charge in [0.15, 0.2) is 5.96 Å². The number of nitrogens with one attached hydrogen (secondary N) is 1. The zero-order valence-electron chi connectivity index (χ0n) is 16.3. The molecule has 1 aliphatic heterocycles. The van der Waals surface area contributed by atoms with Gasteiger partial charge >= 0.3 is 0 Å². The van der Waals surface area contributed by atoms with Gasteiger partial charge in [-0.25, -0.2) is 0 Å². The van der Waals surface area contributed by atoms with Gasteiger partial charge in [0.05, 0.1) is 5.69 Å². The summed E-state index contributed by atoms with van der Waals surface area (Å²) in [6.45, 7) is 8.40. The maximum atomic E-state index is 5.90. The van der Waals surface area contributed by atoms with Crippen LogP contribution in [0.3, 0.4) is 0 Å². The zero-order valence-corrected chi connectivity index (χ0v) is 16.3. The number of aromatic nitrogens is 1. The van der Waals surface area contributed by atoms with Gasteiger partial charge < -0.3 is 19.2 Å². The topological polar surface area (TPSA) is 70.0 Å². The highest BCUT2D eigenvalue weighted by atomic mass is 16.5. The highest BCUT2D eigenvalue weighted by Gasteiger charge is 2.20. The smallest absolute Gasteiger partial charge is 0.194 e. The molecule has 1 aromatic carbocycles. The van der Waals surface area contributed by atoms with E-state index in [9.17, 15) is 0 Å². The minimum absolute atomic E-state index is 0.710. The number of para-hydroxylation sites is 1. The Morgan fingerprint density at radius 1 is 1.18 bits per heavy atom. The van der Waals surface area contributed by atoms with Crippen LogP contribution in [0, 0.1) is 0 Å². The lowest BCUT2D eigenvalue weighted by Gasteiger charge is -2.36. The monoisotopic (exact) mass is 381 g/mol. The van der Waals surface area contributed by atoms with Crippen molar-refractivity contribution in [3.8, 4) is 0 Å². The highest BCUT2D eigenvalue weighted by molar-refractivity contribution is 5.80. The van der Waals surface area contributed by atoms with Crippen LogP contribution in [0.4, 0.5) is 0 Å². The second kappa shape index (κ2) is 8.93. The molecule has 3 heterocycles. The Balaban J connectivity index is 1.31. The lowest BCUT2D eigenvalue weighted by Crippen LogP contribution is -2.52. The summed E-state index contributed by atoms with van der Waals surface area (Å²) >= 11 is 0. The lowest BCUT2D eigenvalue weighted by molar-refractivity contribution is 0.169.